The number of quaternary nitrogens is 1. The van der Waals surface area contributed by atoms with Crippen LogP contribution in [0, 0.1) is 11.3 Å². The van der Waals surface area contributed by atoms with Crippen molar-refractivity contribution < 1.29 is 28.6 Å². The smallest absolute Gasteiger partial charge is 0.244 e. The molecule has 1 atom stereocenters. The van der Waals surface area contributed by atoms with Crippen molar-refractivity contribution >= 4 is 0 Å². The summed E-state index contributed by atoms with van der Waals surface area (Å²) in [5, 5.41) is 16.9. The number of hydrogen-bond donors (Lipinski definition) is 3. The van der Waals surface area contributed by atoms with Gasteiger partial charge in [0.05, 0.1) is 44.1 Å². The second kappa shape index (κ2) is 9.91. The molecule has 0 unspecified atom stereocenters. The Labute approximate surface area is 186 Å². The molecule has 10 nitrogen and oxygen atoms in total. The highest BCUT2D eigenvalue weighted by atomic mass is 16.5. The number of hydrogen-bond acceptors (Lipinski definition) is 8. The maximum absolute atomic E-state index is 9.80. The first kappa shape index (κ1) is 22.0. The van der Waals surface area contributed by atoms with Gasteiger partial charge >= 0.3 is 0 Å². The van der Waals surface area contributed by atoms with Crippen molar-refractivity contribution in [3.8, 4) is 23.4 Å². The van der Waals surface area contributed by atoms with Gasteiger partial charge in [-0.15, -0.1) is 5.10 Å². The molecule has 1 aromatic heterocycles. The number of fused-ring (bicyclic) bond motifs is 1. The third-order valence-corrected chi connectivity index (χ3v) is 5.74. The monoisotopic (exact) mass is 442 g/mol. The van der Waals surface area contributed by atoms with Crippen LogP contribution >= 0.6 is 0 Å². The first-order valence-electron chi connectivity index (χ1n) is 10.5. The maximum atomic E-state index is 9.80. The van der Waals surface area contributed by atoms with E-state index in [1.807, 2.05) is 18.2 Å². The zero-order valence-electron chi connectivity index (χ0n) is 18.3. The van der Waals surface area contributed by atoms with Crippen LogP contribution in [0.3, 0.4) is 0 Å². The Morgan fingerprint density at radius 3 is 2.81 bits per heavy atom. The lowest BCUT2D eigenvalue weighted by Gasteiger charge is -2.25. The molecule has 1 aromatic carbocycles. The van der Waals surface area contributed by atoms with E-state index in [-0.39, 0.29) is 5.88 Å². The number of H-pyrrole nitrogens is 1. The molecule has 0 bridgehead atoms. The Hall–Kier alpha value is -3.26. The zero-order valence-corrected chi connectivity index (χ0v) is 18.3. The highest BCUT2D eigenvalue weighted by Gasteiger charge is 2.35. The largest absolute Gasteiger partial charge is 0.493 e. The van der Waals surface area contributed by atoms with Crippen LogP contribution in [0.2, 0.25) is 0 Å². The number of methoxy groups -OCH3 is 2. The summed E-state index contributed by atoms with van der Waals surface area (Å²) in [5.41, 5.74) is 8.61. The molecule has 2 aromatic rings. The van der Waals surface area contributed by atoms with E-state index in [4.69, 9.17) is 29.4 Å². The molecule has 3 heterocycles. The van der Waals surface area contributed by atoms with Crippen molar-refractivity contribution in [3.63, 3.8) is 0 Å². The van der Waals surface area contributed by atoms with Crippen LogP contribution in [0.5, 0.6) is 17.4 Å². The lowest BCUT2D eigenvalue weighted by Crippen LogP contribution is -3.14. The molecule has 4 N–H and O–H groups in total. The van der Waals surface area contributed by atoms with Gasteiger partial charge in [-0.25, -0.2) is 0 Å². The van der Waals surface area contributed by atoms with Crippen molar-refractivity contribution in [2.75, 3.05) is 53.7 Å². The fraction of sp³-hybridized carbons (Fsp3) is 0.455. The van der Waals surface area contributed by atoms with Gasteiger partial charge in [0.25, 0.3) is 0 Å². The SMILES string of the molecule is COCc1[nH]nc2c1[C@@H](c1ccc(OCC[NH+]3CCOCC3)c(OC)c1)C(C#N)=C(N)O2. The highest BCUT2D eigenvalue weighted by Crippen LogP contribution is 2.44. The number of aromatic amines is 1. The Morgan fingerprint density at radius 1 is 1.28 bits per heavy atom. The Kier molecular flexibility index (Phi) is 6.80. The van der Waals surface area contributed by atoms with Crippen LogP contribution in [-0.2, 0) is 16.1 Å². The molecule has 0 amide bonds. The van der Waals surface area contributed by atoms with Crippen LogP contribution in [0.25, 0.3) is 0 Å². The molecular weight excluding hydrogens is 414 g/mol. The number of nitrogens with one attached hydrogen (secondary N) is 2. The number of allylic oxidation sites excluding steroid dienone is 1. The number of nitrogens with two attached hydrogens (primary N) is 1. The molecule has 0 aliphatic carbocycles. The molecule has 170 valence electrons. The average molecular weight is 442 g/mol. The van der Waals surface area contributed by atoms with Gasteiger partial charge in [-0.1, -0.05) is 6.07 Å². The first-order valence-corrected chi connectivity index (χ1v) is 10.5. The molecule has 4 rings (SSSR count). The second-order valence-electron chi connectivity index (χ2n) is 7.65. The standard InChI is InChI=1S/C22H27N5O5/c1-28-13-16-20-19(15(12-23)21(24)32-22(20)26-25-16)14-3-4-17(18(11-14)29-2)31-10-7-27-5-8-30-9-6-27/h3-4,11,19H,5-10,13,24H2,1-2H3,(H,25,26)/p+1/t19-/m0/s1. The van der Waals surface area contributed by atoms with Crippen LogP contribution in [0.15, 0.2) is 29.7 Å². The van der Waals surface area contributed by atoms with Crippen molar-refractivity contribution in [1.82, 2.24) is 10.2 Å². The molecule has 1 fully saturated rings. The van der Waals surface area contributed by atoms with E-state index in [1.54, 1.807) is 14.2 Å². The second-order valence-corrected chi connectivity index (χ2v) is 7.65. The Bertz CT molecular complexity index is 1020. The lowest BCUT2D eigenvalue weighted by molar-refractivity contribution is -0.908. The number of morpholine rings is 1. The van der Waals surface area contributed by atoms with Crippen molar-refractivity contribution in [2.45, 2.75) is 12.5 Å². The minimum absolute atomic E-state index is 0.0354. The van der Waals surface area contributed by atoms with Gasteiger partial charge in [-0.05, 0) is 17.7 Å². The van der Waals surface area contributed by atoms with Crippen LogP contribution in [-0.4, -0.2) is 63.9 Å². The summed E-state index contributed by atoms with van der Waals surface area (Å²) in [4.78, 5) is 1.46. The number of nitriles is 1. The summed E-state index contributed by atoms with van der Waals surface area (Å²) in [7, 11) is 3.19. The number of rotatable bonds is 8. The molecule has 2 aliphatic rings. The minimum Gasteiger partial charge on any atom is -0.493 e. The zero-order chi connectivity index (χ0) is 22.5. The summed E-state index contributed by atoms with van der Waals surface area (Å²) in [5.74, 6) is 1.14. The summed E-state index contributed by atoms with van der Waals surface area (Å²) in [6.45, 7) is 5.32. The summed E-state index contributed by atoms with van der Waals surface area (Å²) in [6.07, 6.45) is 0. The number of nitrogens with zero attached hydrogens (tertiary/aromatic N) is 2. The van der Waals surface area contributed by atoms with Gasteiger partial charge in [-0.2, -0.15) is 5.26 Å². The van der Waals surface area contributed by atoms with Crippen LogP contribution in [0.1, 0.15) is 22.7 Å². The molecule has 0 radical (unpaired) electrons. The summed E-state index contributed by atoms with van der Waals surface area (Å²) in [6, 6.07) is 7.82. The van der Waals surface area contributed by atoms with Gasteiger partial charge in [0, 0.05) is 7.11 Å². The Morgan fingerprint density at radius 2 is 2.09 bits per heavy atom. The van der Waals surface area contributed by atoms with E-state index in [0.29, 0.717) is 36.2 Å². The fourth-order valence-corrected chi connectivity index (χ4v) is 4.09. The number of aromatic nitrogens is 2. The van der Waals surface area contributed by atoms with E-state index in [0.717, 1.165) is 49.7 Å². The van der Waals surface area contributed by atoms with E-state index in [9.17, 15) is 5.26 Å². The van der Waals surface area contributed by atoms with Crippen LogP contribution in [0.4, 0.5) is 0 Å². The molecule has 1 saturated heterocycles. The molecular formula is C22H28N5O5+. The predicted molar refractivity (Wildman–Crippen MR) is 113 cm³/mol. The quantitative estimate of drug-likeness (QED) is 0.524. The Balaban J connectivity index is 1.60. The highest BCUT2D eigenvalue weighted by molar-refractivity contribution is 5.57. The van der Waals surface area contributed by atoms with E-state index < -0.39 is 5.92 Å². The van der Waals surface area contributed by atoms with Crippen molar-refractivity contribution in [1.29, 1.82) is 5.26 Å². The van der Waals surface area contributed by atoms with Gasteiger partial charge in [-0.3, -0.25) is 5.10 Å². The van der Waals surface area contributed by atoms with Gasteiger partial charge < -0.3 is 34.3 Å². The third-order valence-electron chi connectivity index (χ3n) is 5.74. The number of benzene rings is 1. The van der Waals surface area contributed by atoms with Gasteiger partial charge in [0.15, 0.2) is 11.5 Å². The summed E-state index contributed by atoms with van der Waals surface area (Å²) < 4.78 is 27.9. The molecule has 10 heteroatoms. The van der Waals surface area contributed by atoms with E-state index in [1.165, 1.54) is 4.90 Å². The number of ether oxygens (including phenoxy) is 5. The van der Waals surface area contributed by atoms with Gasteiger partial charge in [0.2, 0.25) is 11.8 Å². The van der Waals surface area contributed by atoms with Crippen molar-refractivity contribution in [3.05, 3.63) is 46.5 Å². The lowest BCUT2D eigenvalue weighted by atomic mass is 9.84. The molecule has 0 saturated carbocycles. The molecule has 0 spiro atoms. The van der Waals surface area contributed by atoms with Crippen molar-refractivity contribution in [2.24, 2.45) is 5.73 Å². The fourth-order valence-electron chi connectivity index (χ4n) is 4.09. The first-order chi connectivity index (χ1) is 15.7. The van der Waals surface area contributed by atoms with Crippen LogP contribution < -0.4 is 24.8 Å². The predicted octanol–water partition coefficient (Wildman–Crippen LogP) is 0.0768. The normalized spacial score (nSPS) is 18.6. The van der Waals surface area contributed by atoms with E-state index >= 15 is 0 Å². The van der Waals surface area contributed by atoms with Gasteiger partial charge in [0.1, 0.15) is 37.9 Å². The third kappa shape index (κ3) is 4.36. The summed E-state index contributed by atoms with van der Waals surface area (Å²) >= 11 is 0. The topological polar surface area (TPSA) is 129 Å². The molecule has 32 heavy (non-hydrogen) atoms. The minimum atomic E-state index is -0.464. The average Bonchev–Trinajstić information content (AvgIpc) is 3.21. The van der Waals surface area contributed by atoms with E-state index in [2.05, 4.69) is 16.3 Å². The molecule has 2 aliphatic heterocycles. The maximum Gasteiger partial charge on any atom is 0.244 e.